The smallest absolute Gasteiger partial charge is 0.291 e. The largest absolute Gasteiger partial charge is 0.449 e. The number of carbonyl (C=O) groups excluding carboxylic acids is 2. The van der Waals surface area contributed by atoms with Gasteiger partial charge >= 0.3 is 0 Å². The van der Waals surface area contributed by atoms with Gasteiger partial charge in [0.2, 0.25) is 0 Å². The number of fused-ring (bicyclic) bond motifs is 2. The SMILES string of the molecule is O=C1Nc2cc(C(=O)NCCCN3CCc4ccccc4C3)ccc2O/C1=C\c1ccccc1Cl. The lowest BCUT2D eigenvalue weighted by Crippen LogP contribution is -2.33. The van der Waals surface area contributed by atoms with Gasteiger partial charge in [0.25, 0.3) is 11.8 Å². The number of nitrogens with one attached hydrogen (secondary N) is 2. The van der Waals surface area contributed by atoms with Crippen molar-refractivity contribution in [2.75, 3.05) is 25.0 Å². The molecule has 2 amide bonds. The second-order valence-corrected chi connectivity index (χ2v) is 9.11. The Balaban J connectivity index is 1.15. The lowest BCUT2D eigenvalue weighted by Gasteiger charge is -2.28. The van der Waals surface area contributed by atoms with Gasteiger partial charge in [0.05, 0.1) is 5.69 Å². The highest BCUT2D eigenvalue weighted by molar-refractivity contribution is 6.32. The van der Waals surface area contributed by atoms with Gasteiger partial charge in [-0.2, -0.15) is 0 Å². The van der Waals surface area contributed by atoms with E-state index in [2.05, 4.69) is 39.8 Å². The predicted molar refractivity (Wildman–Crippen MR) is 138 cm³/mol. The molecule has 5 rings (SSSR count). The number of hydrogen-bond acceptors (Lipinski definition) is 4. The van der Waals surface area contributed by atoms with Gasteiger partial charge in [-0.1, -0.05) is 54.1 Å². The summed E-state index contributed by atoms with van der Waals surface area (Å²) in [6, 6.07) is 20.8. The summed E-state index contributed by atoms with van der Waals surface area (Å²) in [5.74, 6) is 0.0505. The van der Waals surface area contributed by atoms with Gasteiger partial charge in [-0.15, -0.1) is 0 Å². The number of amides is 2. The fraction of sp³-hybridized carbons (Fsp3) is 0.214. The minimum atomic E-state index is -0.391. The first-order chi connectivity index (χ1) is 17.1. The van der Waals surface area contributed by atoms with Crippen LogP contribution in [0.5, 0.6) is 5.75 Å². The van der Waals surface area contributed by atoms with Crippen molar-refractivity contribution in [3.8, 4) is 5.75 Å². The maximum absolute atomic E-state index is 12.7. The molecule has 2 heterocycles. The van der Waals surface area contributed by atoms with Gasteiger partial charge in [0.1, 0.15) is 0 Å². The van der Waals surface area contributed by atoms with Crippen molar-refractivity contribution < 1.29 is 14.3 Å². The van der Waals surface area contributed by atoms with Crippen LogP contribution in [0.3, 0.4) is 0 Å². The highest BCUT2D eigenvalue weighted by Crippen LogP contribution is 2.33. The third-order valence-corrected chi connectivity index (χ3v) is 6.62. The second-order valence-electron chi connectivity index (χ2n) is 8.70. The maximum Gasteiger partial charge on any atom is 0.291 e. The van der Waals surface area contributed by atoms with Crippen molar-refractivity contribution in [3.63, 3.8) is 0 Å². The Labute approximate surface area is 209 Å². The van der Waals surface area contributed by atoms with Crippen LogP contribution in [0, 0.1) is 0 Å². The van der Waals surface area contributed by atoms with Gasteiger partial charge in [-0.3, -0.25) is 14.5 Å². The summed E-state index contributed by atoms with van der Waals surface area (Å²) in [6.07, 6.45) is 3.54. The Kier molecular flexibility index (Phi) is 6.84. The summed E-state index contributed by atoms with van der Waals surface area (Å²) >= 11 is 6.18. The Bertz CT molecular complexity index is 1300. The molecule has 0 saturated carbocycles. The molecule has 3 aromatic carbocycles. The summed E-state index contributed by atoms with van der Waals surface area (Å²) < 4.78 is 5.78. The Morgan fingerprint density at radius 1 is 1.09 bits per heavy atom. The van der Waals surface area contributed by atoms with E-state index in [0.717, 1.165) is 32.5 Å². The molecule has 0 aliphatic carbocycles. The van der Waals surface area contributed by atoms with Gasteiger partial charge in [0.15, 0.2) is 11.5 Å². The monoisotopic (exact) mass is 487 g/mol. The lowest BCUT2D eigenvalue weighted by atomic mass is 10.00. The van der Waals surface area contributed by atoms with E-state index in [1.807, 2.05) is 12.1 Å². The summed E-state index contributed by atoms with van der Waals surface area (Å²) in [4.78, 5) is 27.6. The maximum atomic E-state index is 12.7. The van der Waals surface area contributed by atoms with E-state index in [1.165, 1.54) is 11.1 Å². The summed E-state index contributed by atoms with van der Waals surface area (Å²) in [5, 5.41) is 6.31. The van der Waals surface area contributed by atoms with Crippen LogP contribution in [0.2, 0.25) is 5.02 Å². The third-order valence-electron chi connectivity index (χ3n) is 6.27. The first kappa shape index (κ1) is 23.1. The van der Waals surface area contributed by atoms with Gasteiger partial charge in [-0.05, 0) is 59.9 Å². The first-order valence-corrected chi connectivity index (χ1v) is 12.1. The molecule has 0 unspecified atom stereocenters. The minimum absolute atomic E-state index is 0.142. The van der Waals surface area contributed by atoms with Crippen molar-refractivity contribution in [1.29, 1.82) is 0 Å². The van der Waals surface area contributed by atoms with Gasteiger partial charge < -0.3 is 15.4 Å². The van der Waals surface area contributed by atoms with Crippen LogP contribution >= 0.6 is 11.6 Å². The van der Waals surface area contributed by atoms with Crippen LogP contribution < -0.4 is 15.4 Å². The van der Waals surface area contributed by atoms with E-state index in [9.17, 15) is 9.59 Å². The molecular formula is C28H26ClN3O3. The number of rotatable bonds is 6. The predicted octanol–water partition coefficient (Wildman–Crippen LogP) is 4.89. The number of nitrogens with zero attached hydrogens (tertiary/aromatic N) is 1. The molecule has 0 fully saturated rings. The average molecular weight is 488 g/mol. The van der Waals surface area contributed by atoms with Crippen LogP contribution in [0.25, 0.3) is 6.08 Å². The molecule has 178 valence electrons. The fourth-order valence-corrected chi connectivity index (χ4v) is 4.58. The molecule has 0 bridgehead atoms. The molecule has 2 aliphatic rings. The van der Waals surface area contributed by atoms with Gasteiger partial charge in [0, 0.05) is 36.8 Å². The molecular weight excluding hydrogens is 462 g/mol. The van der Waals surface area contributed by atoms with Crippen LogP contribution in [-0.2, 0) is 17.8 Å². The molecule has 0 saturated heterocycles. The van der Waals surface area contributed by atoms with Crippen LogP contribution in [0.1, 0.15) is 33.5 Å². The van der Waals surface area contributed by atoms with E-state index in [-0.39, 0.29) is 11.7 Å². The molecule has 0 spiro atoms. The van der Waals surface area contributed by atoms with E-state index in [0.29, 0.717) is 34.1 Å². The topological polar surface area (TPSA) is 70.7 Å². The lowest BCUT2D eigenvalue weighted by molar-refractivity contribution is -0.115. The Morgan fingerprint density at radius 2 is 1.89 bits per heavy atom. The second kappa shape index (κ2) is 10.3. The normalized spacial score (nSPS) is 16.1. The number of anilines is 1. The Hall–Kier alpha value is -3.61. The van der Waals surface area contributed by atoms with E-state index >= 15 is 0 Å². The van der Waals surface area contributed by atoms with Crippen LogP contribution in [0.15, 0.2) is 72.5 Å². The van der Waals surface area contributed by atoms with Gasteiger partial charge in [-0.25, -0.2) is 0 Å². The molecule has 0 atom stereocenters. The summed E-state index contributed by atoms with van der Waals surface area (Å²) in [5.41, 5.74) is 4.45. The quantitative estimate of drug-likeness (QED) is 0.383. The zero-order valence-corrected chi connectivity index (χ0v) is 20.0. The standard InChI is InChI=1S/C28H26ClN3O3/c29-23-9-4-3-7-20(23)17-26-28(34)31-24-16-21(10-11-25(24)35-26)27(33)30-13-5-14-32-15-12-19-6-1-2-8-22(19)18-32/h1-4,6-11,16-17H,5,12-15,18H2,(H,30,33)(H,31,34)/b26-17-. The van der Waals surface area contributed by atoms with E-state index < -0.39 is 5.91 Å². The molecule has 35 heavy (non-hydrogen) atoms. The number of hydrogen-bond donors (Lipinski definition) is 2. The molecule has 0 aromatic heterocycles. The number of halogens is 1. The minimum Gasteiger partial charge on any atom is -0.449 e. The van der Waals surface area contributed by atoms with Crippen LogP contribution in [0.4, 0.5) is 5.69 Å². The molecule has 2 aliphatic heterocycles. The van der Waals surface area contributed by atoms with Crippen molar-refractivity contribution in [2.45, 2.75) is 19.4 Å². The van der Waals surface area contributed by atoms with E-state index in [1.54, 1.807) is 36.4 Å². The molecule has 6 nitrogen and oxygen atoms in total. The Morgan fingerprint density at radius 3 is 2.74 bits per heavy atom. The number of ether oxygens (including phenoxy) is 1. The van der Waals surface area contributed by atoms with Crippen LogP contribution in [-0.4, -0.2) is 36.3 Å². The fourth-order valence-electron chi connectivity index (χ4n) is 4.39. The van der Waals surface area contributed by atoms with Crippen molar-refractivity contribution in [3.05, 3.63) is 99.8 Å². The first-order valence-electron chi connectivity index (χ1n) is 11.7. The van der Waals surface area contributed by atoms with Crippen molar-refractivity contribution in [2.24, 2.45) is 0 Å². The van der Waals surface area contributed by atoms with Crippen molar-refractivity contribution in [1.82, 2.24) is 10.2 Å². The zero-order valence-electron chi connectivity index (χ0n) is 19.2. The third kappa shape index (κ3) is 5.39. The molecule has 3 aromatic rings. The molecule has 2 N–H and O–H groups in total. The molecule has 7 heteroatoms. The molecule has 0 radical (unpaired) electrons. The summed E-state index contributed by atoms with van der Waals surface area (Å²) in [7, 11) is 0. The zero-order chi connectivity index (χ0) is 24.2. The van der Waals surface area contributed by atoms with Crippen molar-refractivity contribution >= 4 is 35.2 Å². The van der Waals surface area contributed by atoms with E-state index in [4.69, 9.17) is 16.3 Å². The number of carbonyl (C=O) groups is 2. The number of benzene rings is 3. The highest BCUT2D eigenvalue weighted by atomic mass is 35.5. The highest BCUT2D eigenvalue weighted by Gasteiger charge is 2.23. The average Bonchev–Trinajstić information content (AvgIpc) is 2.88. The summed E-state index contributed by atoms with van der Waals surface area (Å²) in [6.45, 7) is 3.52.